The number of hydrogen-bond acceptors (Lipinski definition) is 2. The average molecular weight is 378 g/mol. The Kier molecular flexibility index (Phi) is 6.10. The van der Waals surface area contributed by atoms with Gasteiger partial charge in [-0.2, -0.15) is 4.39 Å². The Bertz CT molecular complexity index is 798. The molecule has 1 atom stereocenters. The van der Waals surface area contributed by atoms with Crippen molar-refractivity contribution in [1.29, 1.82) is 0 Å². The molecule has 3 rings (SSSR count). The van der Waals surface area contributed by atoms with Gasteiger partial charge in [0.05, 0.1) is 6.10 Å². The summed E-state index contributed by atoms with van der Waals surface area (Å²) in [5, 5.41) is 19.3. The molecule has 2 nitrogen and oxygen atoms in total. The molecule has 27 heavy (non-hydrogen) atoms. The molecular weight excluding hydrogens is 353 g/mol. The lowest BCUT2D eigenvalue weighted by Gasteiger charge is -2.29. The fraction of sp³-hybridized carbons (Fsp3) is 0.455. The van der Waals surface area contributed by atoms with E-state index in [9.17, 15) is 23.4 Å². The number of hydrogen-bond donors (Lipinski definition) is 2. The number of aliphatic hydroxyl groups is 1. The van der Waals surface area contributed by atoms with Gasteiger partial charge >= 0.3 is 0 Å². The summed E-state index contributed by atoms with van der Waals surface area (Å²) in [7, 11) is 0. The molecule has 0 amide bonds. The highest BCUT2D eigenvalue weighted by Crippen LogP contribution is 2.43. The second-order valence-electron chi connectivity index (χ2n) is 7.44. The van der Waals surface area contributed by atoms with Gasteiger partial charge in [0.1, 0.15) is 5.82 Å². The number of aromatic hydroxyl groups is 1. The second kappa shape index (κ2) is 8.34. The Morgan fingerprint density at radius 1 is 0.926 bits per heavy atom. The molecule has 1 aliphatic rings. The SMILES string of the molecule is CCCC(O)c1ccc(C2CCC(c3ccc(O)c(F)c3F)CC2)c(F)c1. The van der Waals surface area contributed by atoms with Crippen LogP contribution < -0.4 is 0 Å². The van der Waals surface area contributed by atoms with Crippen LogP contribution in [0.4, 0.5) is 13.2 Å². The van der Waals surface area contributed by atoms with Crippen LogP contribution in [0.3, 0.4) is 0 Å². The van der Waals surface area contributed by atoms with Gasteiger partial charge in [0.15, 0.2) is 11.6 Å². The van der Waals surface area contributed by atoms with Crippen LogP contribution in [0.2, 0.25) is 0 Å². The third kappa shape index (κ3) is 4.13. The maximum atomic E-state index is 14.6. The van der Waals surface area contributed by atoms with Crippen LogP contribution in [0.15, 0.2) is 30.3 Å². The van der Waals surface area contributed by atoms with Crippen molar-refractivity contribution >= 4 is 0 Å². The number of aliphatic hydroxyl groups excluding tert-OH is 1. The minimum atomic E-state index is -1.21. The van der Waals surface area contributed by atoms with E-state index < -0.39 is 23.5 Å². The van der Waals surface area contributed by atoms with Crippen molar-refractivity contribution in [2.24, 2.45) is 0 Å². The molecule has 1 fully saturated rings. The molecule has 2 N–H and O–H groups in total. The summed E-state index contributed by atoms with van der Waals surface area (Å²) in [6.07, 6.45) is 3.39. The molecule has 2 aromatic rings. The summed E-state index contributed by atoms with van der Waals surface area (Å²) in [5.74, 6) is -3.29. The first-order chi connectivity index (χ1) is 12.9. The van der Waals surface area contributed by atoms with Crippen LogP contribution in [0.1, 0.15) is 80.1 Å². The number of phenolic OH excluding ortho intramolecular Hbond substituents is 1. The second-order valence-corrected chi connectivity index (χ2v) is 7.44. The molecule has 1 unspecified atom stereocenters. The van der Waals surface area contributed by atoms with E-state index in [0.29, 0.717) is 43.2 Å². The average Bonchev–Trinajstić information content (AvgIpc) is 2.67. The van der Waals surface area contributed by atoms with E-state index in [4.69, 9.17) is 0 Å². The zero-order valence-electron chi connectivity index (χ0n) is 15.4. The van der Waals surface area contributed by atoms with Gasteiger partial charge in [-0.1, -0.05) is 31.5 Å². The minimum absolute atomic E-state index is 0.0311. The molecule has 5 heteroatoms. The Hall–Kier alpha value is -2.01. The van der Waals surface area contributed by atoms with Gasteiger partial charge < -0.3 is 10.2 Å². The fourth-order valence-electron chi connectivity index (χ4n) is 4.11. The van der Waals surface area contributed by atoms with Crippen molar-refractivity contribution in [2.75, 3.05) is 0 Å². The molecule has 2 aromatic carbocycles. The number of phenols is 1. The van der Waals surface area contributed by atoms with Crippen LogP contribution in [-0.2, 0) is 0 Å². The van der Waals surface area contributed by atoms with Crippen molar-refractivity contribution in [3.63, 3.8) is 0 Å². The summed E-state index contributed by atoms with van der Waals surface area (Å²) in [5.41, 5.74) is 1.49. The first-order valence-corrected chi connectivity index (χ1v) is 9.56. The highest BCUT2D eigenvalue weighted by molar-refractivity contribution is 5.33. The number of benzene rings is 2. The minimum Gasteiger partial charge on any atom is -0.505 e. The van der Waals surface area contributed by atoms with E-state index in [1.807, 2.05) is 6.92 Å². The van der Waals surface area contributed by atoms with Gasteiger partial charge in [0.2, 0.25) is 5.82 Å². The summed E-state index contributed by atoms with van der Waals surface area (Å²) in [4.78, 5) is 0. The van der Waals surface area contributed by atoms with Crippen molar-refractivity contribution in [2.45, 2.75) is 63.4 Å². The Labute approximate surface area is 157 Å². The van der Waals surface area contributed by atoms with Crippen molar-refractivity contribution in [3.05, 3.63) is 64.5 Å². The topological polar surface area (TPSA) is 40.5 Å². The summed E-state index contributed by atoms with van der Waals surface area (Å²) in [6, 6.07) is 7.55. The van der Waals surface area contributed by atoms with Gasteiger partial charge in [-0.3, -0.25) is 0 Å². The van der Waals surface area contributed by atoms with Crippen LogP contribution in [0.25, 0.3) is 0 Å². The molecule has 1 aliphatic carbocycles. The first-order valence-electron chi connectivity index (χ1n) is 9.56. The standard InChI is InChI=1S/C22H25F3O2/c1-2-3-19(26)15-8-9-16(18(23)12-15)13-4-6-14(7-5-13)17-10-11-20(27)22(25)21(17)24/h8-14,19,26-27H,2-7H2,1H3. The molecule has 0 heterocycles. The van der Waals surface area contributed by atoms with Gasteiger partial charge in [-0.25, -0.2) is 8.78 Å². The lowest BCUT2D eigenvalue weighted by molar-refractivity contribution is 0.166. The molecule has 0 aromatic heterocycles. The monoisotopic (exact) mass is 378 g/mol. The van der Waals surface area contributed by atoms with E-state index in [-0.39, 0.29) is 23.2 Å². The highest BCUT2D eigenvalue weighted by atomic mass is 19.2. The van der Waals surface area contributed by atoms with Crippen LogP contribution in [0.5, 0.6) is 5.75 Å². The molecular formula is C22H25F3O2. The Balaban J connectivity index is 1.70. The molecule has 146 valence electrons. The van der Waals surface area contributed by atoms with E-state index in [1.165, 1.54) is 18.2 Å². The molecule has 0 radical (unpaired) electrons. The number of rotatable bonds is 5. The maximum Gasteiger partial charge on any atom is 0.200 e. The predicted molar refractivity (Wildman–Crippen MR) is 98.2 cm³/mol. The van der Waals surface area contributed by atoms with E-state index in [0.717, 1.165) is 6.42 Å². The van der Waals surface area contributed by atoms with Crippen LogP contribution >= 0.6 is 0 Å². The van der Waals surface area contributed by atoms with Gasteiger partial charge in [0, 0.05) is 0 Å². The van der Waals surface area contributed by atoms with Gasteiger partial charge in [0.25, 0.3) is 0 Å². The fourth-order valence-corrected chi connectivity index (χ4v) is 4.11. The van der Waals surface area contributed by atoms with Crippen LogP contribution in [-0.4, -0.2) is 10.2 Å². The third-order valence-electron chi connectivity index (χ3n) is 5.67. The molecule has 1 saturated carbocycles. The molecule has 0 spiro atoms. The molecule has 0 saturated heterocycles. The van der Waals surface area contributed by atoms with Crippen molar-refractivity contribution in [1.82, 2.24) is 0 Å². The van der Waals surface area contributed by atoms with Gasteiger partial charge in [-0.05, 0) is 72.8 Å². The van der Waals surface area contributed by atoms with E-state index in [1.54, 1.807) is 12.1 Å². The highest BCUT2D eigenvalue weighted by Gasteiger charge is 2.28. The quantitative estimate of drug-likeness (QED) is 0.661. The largest absolute Gasteiger partial charge is 0.505 e. The Morgan fingerprint density at radius 2 is 1.52 bits per heavy atom. The first kappa shape index (κ1) is 19.7. The maximum absolute atomic E-state index is 14.6. The zero-order chi connectivity index (χ0) is 19.6. The van der Waals surface area contributed by atoms with E-state index >= 15 is 0 Å². The number of halogens is 3. The lowest BCUT2D eigenvalue weighted by atomic mass is 9.75. The van der Waals surface area contributed by atoms with E-state index in [2.05, 4.69) is 0 Å². The van der Waals surface area contributed by atoms with Crippen molar-refractivity contribution < 1.29 is 23.4 Å². The smallest absolute Gasteiger partial charge is 0.200 e. The van der Waals surface area contributed by atoms with Gasteiger partial charge in [-0.15, -0.1) is 0 Å². The van der Waals surface area contributed by atoms with Crippen LogP contribution in [0, 0.1) is 17.5 Å². The summed E-state index contributed by atoms with van der Waals surface area (Å²) in [6.45, 7) is 1.97. The summed E-state index contributed by atoms with van der Waals surface area (Å²) >= 11 is 0. The zero-order valence-corrected chi connectivity index (χ0v) is 15.4. The Morgan fingerprint density at radius 3 is 2.11 bits per heavy atom. The van der Waals surface area contributed by atoms with Crippen molar-refractivity contribution in [3.8, 4) is 5.75 Å². The lowest BCUT2D eigenvalue weighted by Crippen LogP contribution is -2.15. The normalized spacial score (nSPS) is 21.2. The third-order valence-corrected chi connectivity index (χ3v) is 5.67. The summed E-state index contributed by atoms with van der Waals surface area (Å²) < 4.78 is 42.3. The predicted octanol–water partition coefficient (Wildman–Crippen LogP) is 6.08. The molecule has 0 aliphatic heterocycles. The molecule has 0 bridgehead atoms.